The van der Waals surface area contributed by atoms with Crippen molar-refractivity contribution in [3.63, 3.8) is 0 Å². The third-order valence-electron chi connectivity index (χ3n) is 5.17. The molecule has 0 aromatic heterocycles. The number of halogens is 1. The van der Waals surface area contributed by atoms with Crippen molar-refractivity contribution in [1.82, 2.24) is 0 Å². The van der Waals surface area contributed by atoms with E-state index in [0.29, 0.717) is 19.6 Å². The molecule has 2 atom stereocenters. The summed E-state index contributed by atoms with van der Waals surface area (Å²) in [5, 5.41) is 0. The Bertz CT molecular complexity index is 289. The van der Waals surface area contributed by atoms with Crippen molar-refractivity contribution in [3.8, 4) is 0 Å². The zero-order valence-corrected chi connectivity index (χ0v) is 12.8. The number of hydrogen-bond donors (Lipinski definition) is 1. The Labute approximate surface area is 122 Å². The molecule has 0 bridgehead atoms. The molecule has 20 heavy (non-hydrogen) atoms. The highest BCUT2D eigenvalue weighted by Crippen LogP contribution is 2.46. The lowest BCUT2D eigenvalue weighted by atomic mass is 9.70. The van der Waals surface area contributed by atoms with Gasteiger partial charge in [-0.05, 0) is 45.1 Å². The lowest BCUT2D eigenvalue weighted by Gasteiger charge is -2.47. The lowest BCUT2D eigenvalue weighted by Crippen LogP contribution is -2.49. The minimum Gasteiger partial charge on any atom is -0.381 e. The van der Waals surface area contributed by atoms with E-state index in [2.05, 4.69) is 0 Å². The minimum absolute atomic E-state index is 0.0467. The van der Waals surface area contributed by atoms with Gasteiger partial charge in [0.2, 0.25) is 0 Å². The summed E-state index contributed by atoms with van der Waals surface area (Å²) >= 11 is 0. The van der Waals surface area contributed by atoms with Crippen LogP contribution in [0.1, 0.15) is 57.8 Å². The van der Waals surface area contributed by atoms with E-state index in [1.807, 2.05) is 0 Å². The third-order valence-corrected chi connectivity index (χ3v) is 5.17. The van der Waals surface area contributed by atoms with Crippen LogP contribution in [0.4, 0.5) is 4.39 Å². The molecule has 1 saturated carbocycles. The first-order valence-corrected chi connectivity index (χ1v) is 8.16. The fourth-order valence-corrected chi connectivity index (χ4v) is 4.04. The molecular formula is C16H30FNO2. The summed E-state index contributed by atoms with van der Waals surface area (Å²) in [4.78, 5) is 0. The molecule has 1 aliphatic heterocycles. The maximum absolute atomic E-state index is 15.4. The summed E-state index contributed by atoms with van der Waals surface area (Å²) in [6.45, 7) is 1.43. The molecule has 2 N–H and O–H groups in total. The molecular weight excluding hydrogens is 257 g/mol. The number of ether oxygens (including phenoxy) is 2. The van der Waals surface area contributed by atoms with Crippen LogP contribution in [0.25, 0.3) is 0 Å². The van der Waals surface area contributed by atoms with Crippen LogP contribution >= 0.6 is 0 Å². The number of methoxy groups -OCH3 is 1. The van der Waals surface area contributed by atoms with Crippen LogP contribution < -0.4 is 5.73 Å². The van der Waals surface area contributed by atoms with Gasteiger partial charge < -0.3 is 15.2 Å². The second kappa shape index (κ2) is 7.19. The largest absolute Gasteiger partial charge is 0.381 e. The Hall–Kier alpha value is -0.190. The zero-order chi connectivity index (χ0) is 14.5. The summed E-state index contributed by atoms with van der Waals surface area (Å²) < 4.78 is 26.6. The van der Waals surface area contributed by atoms with Crippen molar-refractivity contribution in [2.45, 2.75) is 69.1 Å². The number of alkyl halides is 1. The quantitative estimate of drug-likeness (QED) is 0.816. The van der Waals surface area contributed by atoms with Gasteiger partial charge in [-0.1, -0.05) is 19.3 Å². The summed E-state index contributed by atoms with van der Waals surface area (Å²) in [7, 11) is 1.59. The number of hydrogen-bond acceptors (Lipinski definition) is 3. The molecule has 0 amide bonds. The van der Waals surface area contributed by atoms with E-state index < -0.39 is 5.67 Å². The molecule has 118 valence electrons. The topological polar surface area (TPSA) is 44.5 Å². The van der Waals surface area contributed by atoms with Gasteiger partial charge >= 0.3 is 0 Å². The monoisotopic (exact) mass is 287 g/mol. The minimum atomic E-state index is -1.23. The molecule has 4 heteroatoms. The first-order chi connectivity index (χ1) is 9.64. The molecule has 2 unspecified atom stereocenters. The maximum atomic E-state index is 15.4. The molecule has 2 aliphatic rings. The molecule has 1 aliphatic carbocycles. The Kier molecular flexibility index (Phi) is 5.82. The molecule has 1 saturated heterocycles. The van der Waals surface area contributed by atoms with Gasteiger partial charge in [-0.2, -0.15) is 0 Å². The molecule has 1 spiro atoms. The van der Waals surface area contributed by atoms with Gasteiger partial charge in [-0.3, -0.25) is 0 Å². The summed E-state index contributed by atoms with van der Waals surface area (Å²) in [5.41, 5.74) is 4.29. The predicted molar refractivity (Wildman–Crippen MR) is 78.5 cm³/mol. The third kappa shape index (κ3) is 3.71. The fourth-order valence-electron chi connectivity index (χ4n) is 4.04. The number of nitrogens with two attached hydrogens (primary N) is 1. The summed E-state index contributed by atoms with van der Waals surface area (Å²) in [5.74, 6) is 0.0563. The van der Waals surface area contributed by atoms with Crippen molar-refractivity contribution < 1.29 is 13.9 Å². The van der Waals surface area contributed by atoms with Gasteiger partial charge in [0, 0.05) is 19.6 Å². The van der Waals surface area contributed by atoms with Gasteiger partial charge in [0.05, 0.1) is 12.2 Å². The zero-order valence-electron chi connectivity index (χ0n) is 12.8. The van der Waals surface area contributed by atoms with Crippen molar-refractivity contribution in [2.75, 3.05) is 26.9 Å². The van der Waals surface area contributed by atoms with Crippen LogP contribution in [0.3, 0.4) is 0 Å². The van der Waals surface area contributed by atoms with Crippen LogP contribution in [0.2, 0.25) is 0 Å². The van der Waals surface area contributed by atoms with Crippen molar-refractivity contribution in [1.29, 1.82) is 0 Å². The molecule has 3 nitrogen and oxygen atoms in total. The Balaban J connectivity index is 2.03. The fraction of sp³-hybridized carbons (Fsp3) is 1.00. The Morgan fingerprint density at radius 2 is 2.10 bits per heavy atom. The van der Waals surface area contributed by atoms with Crippen molar-refractivity contribution in [2.24, 2.45) is 11.7 Å². The molecule has 2 fully saturated rings. The first-order valence-electron chi connectivity index (χ1n) is 8.16. The average molecular weight is 287 g/mol. The van der Waals surface area contributed by atoms with Gasteiger partial charge in [0.1, 0.15) is 5.67 Å². The van der Waals surface area contributed by atoms with E-state index in [1.165, 1.54) is 19.3 Å². The van der Waals surface area contributed by atoms with Crippen LogP contribution in [-0.2, 0) is 9.47 Å². The van der Waals surface area contributed by atoms with Crippen molar-refractivity contribution >= 4 is 0 Å². The highest BCUT2D eigenvalue weighted by Gasteiger charge is 2.47. The van der Waals surface area contributed by atoms with Gasteiger partial charge in [0.15, 0.2) is 0 Å². The van der Waals surface area contributed by atoms with Gasteiger partial charge in [-0.15, -0.1) is 0 Å². The van der Waals surface area contributed by atoms with E-state index in [1.54, 1.807) is 7.11 Å². The van der Waals surface area contributed by atoms with Gasteiger partial charge in [-0.25, -0.2) is 4.39 Å². The second-order valence-corrected chi connectivity index (χ2v) is 6.64. The normalized spacial score (nSPS) is 29.2. The first kappa shape index (κ1) is 16.2. The molecule has 0 aromatic rings. The predicted octanol–water partition coefficient (Wildman–Crippen LogP) is 3.21. The van der Waals surface area contributed by atoms with E-state index in [9.17, 15) is 0 Å². The molecule has 0 radical (unpaired) electrons. The average Bonchev–Trinajstić information content (AvgIpc) is 2.46. The van der Waals surface area contributed by atoms with Gasteiger partial charge in [0.25, 0.3) is 0 Å². The van der Waals surface area contributed by atoms with Crippen molar-refractivity contribution in [3.05, 3.63) is 0 Å². The van der Waals surface area contributed by atoms with Crippen LogP contribution in [0.5, 0.6) is 0 Å². The van der Waals surface area contributed by atoms with E-state index in [4.69, 9.17) is 15.2 Å². The molecule has 2 rings (SSSR count). The van der Waals surface area contributed by atoms with E-state index in [0.717, 1.165) is 32.1 Å². The number of rotatable bonds is 6. The Morgan fingerprint density at radius 1 is 1.35 bits per heavy atom. The summed E-state index contributed by atoms with van der Waals surface area (Å²) in [6, 6.07) is 0. The highest BCUT2D eigenvalue weighted by molar-refractivity contribution is 4.97. The standard InChI is InChI=1S/C16H30FNO2/c1-19-13-16(17,9-5-10-18)14-6-11-20-15(12-14)7-3-2-4-8-15/h14H,2-13,18H2,1H3. The Morgan fingerprint density at radius 3 is 2.75 bits per heavy atom. The highest BCUT2D eigenvalue weighted by atomic mass is 19.1. The smallest absolute Gasteiger partial charge is 0.137 e. The molecule has 1 heterocycles. The molecule has 0 aromatic carbocycles. The lowest BCUT2D eigenvalue weighted by molar-refractivity contribution is -0.150. The van der Waals surface area contributed by atoms with Crippen LogP contribution in [-0.4, -0.2) is 38.1 Å². The second-order valence-electron chi connectivity index (χ2n) is 6.64. The summed E-state index contributed by atoms with van der Waals surface area (Å²) in [6.07, 6.45) is 8.85. The maximum Gasteiger partial charge on any atom is 0.137 e. The van der Waals surface area contributed by atoms with E-state index >= 15 is 4.39 Å². The SMILES string of the molecule is COCC(F)(CCCN)C1CCOC2(CCCCC2)C1. The van der Waals surface area contributed by atoms with Crippen LogP contribution in [0, 0.1) is 5.92 Å². The van der Waals surface area contributed by atoms with Crippen LogP contribution in [0.15, 0.2) is 0 Å². The van der Waals surface area contributed by atoms with E-state index in [-0.39, 0.29) is 18.1 Å².